The molecule has 9 heteroatoms. The lowest BCUT2D eigenvalue weighted by Gasteiger charge is -2.17. The summed E-state index contributed by atoms with van der Waals surface area (Å²) in [4.78, 5) is 27.1. The fraction of sp³-hybridized carbons (Fsp3) is 0.286. The third-order valence-electron chi connectivity index (χ3n) is 4.28. The molecule has 0 saturated heterocycles. The quantitative estimate of drug-likeness (QED) is 0.415. The van der Waals surface area contributed by atoms with Crippen LogP contribution >= 0.6 is 11.8 Å². The number of hydrogen-bond donors (Lipinski definition) is 1. The Hall–Kier alpha value is -3.20. The van der Waals surface area contributed by atoms with E-state index in [1.54, 1.807) is 18.7 Å². The topological polar surface area (TPSA) is 99.0 Å². The minimum atomic E-state index is -0.790. The summed E-state index contributed by atoms with van der Waals surface area (Å²) in [6.07, 6.45) is 2.34. The van der Waals surface area contributed by atoms with E-state index in [0.717, 1.165) is 16.0 Å². The van der Waals surface area contributed by atoms with Crippen LogP contribution in [-0.2, 0) is 27.3 Å². The summed E-state index contributed by atoms with van der Waals surface area (Å²) in [5.41, 5.74) is 1.73. The fourth-order valence-corrected chi connectivity index (χ4v) is 3.23. The molecule has 1 aromatic heterocycles. The number of ether oxygens (including phenoxy) is 1. The van der Waals surface area contributed by atoms with Crippen molar-refractivity contribution in [1.29, 1.82) is 0 Å². The van der Waals surface area contributed by atoms with Crippen molar-refractivity contribution in [3.05, 3.63) is 60.2 Å². The molecule has 3 aromatic rings. The predicted molar refractivity (Wildman–Crippen MR) is 114 cm³/mol. The molecule has 8 nitrogen and oxygen atoms in total. The number of benzene rings is 2. The zero-order chi connectivity index (χ0) is 21.3. The van der Waals surface area contributed by atoms with Crippen molar-refractivity contribution in [3.63, 3.8) is 0 Å². The Labute approximate surface area is 179 Å². The van der Waals surface area contributed by atoms with Gasteiger partial charge in [-0.3, -0.25) is 4.79 Å². The Morgan fingerprint density at radius 2 is 1.87 bits per heavy atom. The summed E-state index contributed by atoms with van der Waals surface area (Å²) in [6, 6.07) is 16.4. The maximum absolute atomic E-state index is 12.5. The molecule has 0 aliphatic carbocycles. The SMILES string of the molecule is CCOC(=O)C(Cc1ccccc1)NC(=O)Cn1nnc(-c2ccc(SC)cc2)n1. The molecule has 0 bridgehead atoms. The van der Waals surface area contributed by atoms with Crippen LogP contribution < -0.4 is 5.32 Å². The highest BCUT2D eigenvalue weighted by Gasteiger charge is 2.23. The van der Waals surface area contributed by atoms with Gasteiger partial charge in [0.15, 0.2) is 0 Å². The van der Waals surface area contributed by atoms with Crippen molar-refractivity contribution in [2.45, 2.75) is 30.8 Å². The van der Waals surface area contributed by atoms with Gasteiger partial charge in [0.05, 0.1) is 6.61 Å². The minimum Gasteiger partial charge on any atom is -0.464 e. The van der Waals surface area contributed by atoms with Crippen LogP contribution in [0.5, 0.6) is 0 Å². The molecule has 156 valence electrons. The van der Waals surface area contributed by atoms with Gasteiger partial charge in [0.1, 0.15) is 12.6 Å². The number of nitrogens with one attached hydrogen (secondary N) is 1. The maximum Gasteiger partial charge on any atom is 0.328 e. The highest BCUT2D eigenvalue weighted by atomic mass is 32.2. The molecular weight excluding hydrogens is 402 g/mol. The van der Waals surface area contributed by atoms with E-state index in [-0.39, 0.29) is 13.2 Å². The number of thioether (sulfide) groups is 1. The first-order valence-electron chi connectivity index (χ1n) is 9.51. The summed E-state index contributed by atoms with van der Waals surface area (Å²) in [7, 11) is 0. The Kier molecular flexibility index (Phi) is 7.56. The molecule has 1 N–H and O–H groups in total. The zero-order valence-corrected chi connectivity index (χ0v) is 17.6. The predicted octanol–water partition coefficient (Wildman–Crippen LogP) is 2.35. The van der Waals surface area contributed by atoms with Crippen molar-refractivity contribution < 1.29 is 14.3 Å². The fourth-order valence-electron chi connectivity index (χ4n) is 2.82. The number of amides is 1. The Morgan fingerprint density at radius 1 is 1.13 bits per heavy atom. The first-order chi connectivity index (χ1) is 14.6. The number of carbonyl (C=O) groups is 2. The summed E-state index contributed by atoms with van der Waals surface area (Å²) < 4.78 is 5.10. The van der Waals surface area contributed by atoms with Crippen molar-refractivity contribution in [1.82, 2.24) is 25.5 Å². The van der Waals surface area contributed by atoms with Crippen molar-refractivity contribution in [3.8, 4) is 11.4 Å². The van der Waals surface area contributed by atoms with Crippen LogP contribution in [-0.4, -0.2) is 51.0 Å². The standard InChI is InChI=1S/C21H23N5O3S/c1-3-29-21(28)18(13-15-7-5-4-6-8-15)22-19(27)14-26-24-20(23-25-26)16-9-11-17(30-2)12-10-16/h4-12,18H,3,13-14H2,1-2H3,(H,22,27). The van der Waals surface area contributed by atoms with Crippen molar-refractivity contribution in [2.75, 3.05) is 12.9 Å². The molecule has 0 radical (unpaired) electrons. The smallest absolute Gasteiger partial charge is 0.328 e. The lowest BCUT2D eigenvalue weighted by Crippen LogP contribution is -2.44. The summed E-state index contributed by atoms with van der Waals surface area (Å²) >= 11 is 1.65. The summed E-state index contributed by atoms with van der Waals surface area (Å²) in [5, 5.41) is 14.9. The molecule has 0 saturated carbocycles. The van der Waals surface area contributed by atoms with Crippen molar-refractivity contribution in [2.24, 2.45) is 0 Å². The Morgan fingerprint density at radius 3 is 2.53 bits per heavy atom. The van der Waals surface area contributed by atoms with Crippen LogP contribution in [0.15, 0.2) is 59.5 Å². The molecule has 0 fully saturated rings. The monoisotopic (exact) mass is 425 g/mol. The molecule has 3 rings (SSSR count). The van der Waals surface area contributed by atoms with Crippen LogP contribution in [0, 0.1) is 0 Å². The summed E-state index contributed by atoms with van der Waals surface area (Å²) in [5.74, 6) is -0.442. The second-order valence-electron chi connectivity index (χ2n) is 6.43. The van der Waals surface area contributed by atoms with Gasteiger partial charge in [0, 0.05) is 16.9 Å². The number of nitrogens with zero attached hydrogens (tertiary/aromatic N) is 4. The molecule has 2 aromatic carbocycles. The molecule has 0 aliphatic rings. The number of esters is 1. The minimum absolute atomic E-state index is 0.152. The number of rotatable bonds is 9. The molecular formula is C21H23N5O3S. The molecule has 1 amide bonds. The number of tetrazole rings is 1. The number of hydrogen-bond acceptors (Lipinski definition) is 7. The van der Waals surface area contributed by atoms with Gasteiger partial charge < -0.3 is 10.1 Å². The lowest BCUT2D eigenvalue weighted by molar-refractivity contribution is -0.147. The van der Waals surface area contributed by atoms with Gasteiger partial charge >= 0.3 is 5.97 Å². The van der Waals surface area contributed by atoms with E-state index in [1.165, 1.54) is 4.80 Å². The third kappa shape index (κ3) is 5.90. The van der Waals surface area contributed by atoms with Gasteiger partial charge in [-0.25, -0.2) is 4.79 Å². The van der Waals surface area contributed by atoms with Gasteiger partial charge in [-0.05, 0) is 48.2 Å². The van der Waals surface area contributed by atoms with E-state index in [9.17, 15) is 9.59 Å². The van der Waals surface area contributed by atoms with Crippen LogP contribution in [0.3, 0.4) is 0 Å². The van der Waals surface area contributed by atoms with Crippen LogP contribution in [0.2, 0.25) is 0 Å². The average molecular weight is 426 g/mol. The van der Waals surface area contributed by atoms with Crippen molar-refractivity contribution >= 4 is 23.6 Å². The molecule has 0 spiro atoms. The van der Waals surface area contributed by atoms with E-state index >= 15 is 0 Å². The Balaban J connectivity index is 1.64. The van der Waals surface area contributed by atoms with Gasteiger partial charge in [-0.2, -0.15) is 4.80 Å². The molecule has 30 heavy (non-hydrogen) atoms. The van der Waals surface area contributed by atoms with E-state index in [2.05, 4.69) is 20.7 Å². The maximum atomic E-state index is 12.5. The lowest BCUT2D eigenvalue weighted by atomic mass is 10.1. The molecule has 1 heterocycles. The third-order valence-corrected chi connectivity index (χ3v) is 5.02. The highest BCUT2D eigenvalue weighted by molar-refractivity contribution is 7.98. The Bertz CT molecular complexity index is 976. The normalized spacial score (nSPS) is 11.7. The van der Waals surface area contributed by atoms with Gasteiger partial charge in [0.25, 0.3) is 0 Å². The number of carbonyl (C=O) groups excluding carboxylic acids is 2. The van der Waals surface area contributed by atoms with Gasteiger partial charge in [-0.15, -0.1) is 22.0 Å². The first kappa shape index (κ1) is 21.5. The second-order valence-corrected chi connectivity index (χ2v) is 7.31. The largest absolute Gasteiger partial charge is 0.464 e. The molecule has 0 aliphatic heterocycles. The van der Waals surface area contributed by atoms with E-state index in [4.69, 9.17) is 4.74 Å². The average Bonchev–Trinajstić information content (AvgIpc) is 3.22. The van der Waals surface area contributed by atoms with E-state index < -0.39 is 17.9 Å². The number of aromatic nitrogens is 4. The van der Waals surface area contributed by atoms with Gasteiger partial charge in [-0.1, -0.05) is 30.3 Å². The van der Waals surface area contributed by atoms with E-state index in [1.807, 2.05) is 60.9 Å². The molecule has 1 atom stereocenters. The van der Waals surface area contributed by atoms with E-state index in [0.29, 0.717) is 12.2 Å². The van der Waals surface area contributed by atoms with Crippen LogP contribution in [0.25, 0.3) is 11.4 Å². The zero-order valence-electron chi connectivity index (χ0n) is 16.8. The molecule has 1 unspecified atom stereocenters. The second kappa shape index (κ2) is 10.5. The highest BCUT2D eigenvalue weighted by Crippen LogP contribution is 2.19. The summed E-state index contributed by atoms with van der Waals surface area (Å²) in [6.45, 7) is 1.82. The van der Waals surface area contributed by atoms with Crippen LogP contribution in [0.1, 0.15) is 12.5 Å². The van der Waals surface area contributed by atoms with Crippen LogP contribution in [0.4, 0.5) is 0 Å². The first-order valence-corrected chi connectivity index (χ1v) is 10.7. The van der Waals surface area contributed by atoms with Gasteiger partial charge in [0.2, 0.25) is 11.7 Å².